The van der Waals surface area contributed by atoms with Crippen LogP contribution in [0.2, 0.25) is 0 Å². The molecule has 0 aromatic heterocycles. The summed E-state index contributed by atoms with van der Waals surface area (Å²) in [4.78, 5) is 69.7. The highest BCUT2D eigenvalue weighted by Crippen LogP contribution is 2.50. The van der Waals surface area contributed by atoms with Crippen molar-refractivity contribution in [3.05, 3.63) is 29.8 Å². The van der Waals surface area contributed by atoms with Gasteiger partial charge in [-0.2, -0.15) is 0 Å². The third-order valence-corrected chi connectivity index (χ3v) is 6.97. The Morgan fingerprint density at radius 3 is 2.05 bits per heavy atom. The molecule has 1 spiro atoms. The van der Waals surface area contributed by atoms with Crippen molar-refractivity contribution in [2.24, 2.45) is 11.3 Å². The predicted molar refractivity (Wildman–Crippen MR) is 143 cm³/mol. The molecule has 220 valence electrons. The van der Waals surface area contributed by atoms with Crippen molar-refractivity contribution in [1.29, 1.82) is 0 Å². The molecule has 1 aromatic rings. The van der Waals surface area contributed by atoms with Crippen LogP contribution in [0.25, 0.3) is 0 Å². The molecule has 2 saturated heterocycles. The zero-order valence-corrected chi connectivity index (χ0v) is 24.6. The zero-order valence-electron chi connectivity index (χ0n) is 24.6. The molecule has 0 radical (unpaired) electrons. The SMILES string of the molecule is COC(=O)[C@H]1C[C@@]2(C(=O)N(Cc3ccc(OC)cc3)CC[C@H]2CC(=O)OC(C)(C)C)C(=O)N1C(=O)OC(C)(C)C. The molecule has 0 unspecified atom stereocenters. The van der Waals surface area contributed by atoms with Gasteiger partial charge >= 0.3 is 18.0 Å². The predicted octanol–water partition coefficient (Wildman–Crippen LogP) is 3.47. The molecule has 0 N–H and O–H groups in total. The number of amides is 3. The van der Waals surface area contributed by atoms with E-state index < -0.39 is 58.4 Å². The molecule has 2 heterocycles. The molecule has 3 rings (SSSR count). The standard InChI is InChI=1S/C29H40N2O9/c1-27(2,3)39-22(32)15-19-13-14-30(17-18-9-11-20(37-7)12-10-18)24(34)29(19)16-21(23(33)38-8)31(25(29)35)26(36)40-28(4,5)6/h9-12,19,21H,13-17H2,1-8H3/t19-,21+,29+/m0/s1. The Hall–Kier alpha value is -3.63. The van der Waals surface area contributed by atoms with Crippen LogP contribution >= 0.6 is 0 Å². The Balaban J connectivity index is 2.05. The number of methoxy groups -OCH3 is 2. The summed E-state index contributed by atoms with van der Waals surface area (Å²) >= 11 is 0. The summed E-state index contributed by atoms with van der Waals surface area (Å²) in [6.45, 7) is 10.5. The fourth-order valence-electron chi connectivity index (χ4n) is 5.29. The number of esters is 2. The van der Waals surface area contributed by atoms with E-state index in [4.69, 9.17) is 18.9 Å². The molecule has 0 bridgehead atoms. The van der Waals surface area contributed by atoms with Crippen LogP contribution in [-0.2, 0) is 39.9 Å². The maximum Gasteiger partial charge on any atom is 0.417 e. The van der Waals surface area contributed by atoms with Crippen LogP contribution in [-0.4, -0.2) is 77.7 Å². The van der Waals surface area contributed by atoms with E-state index in [1.165, 1.54) is 4.90 Å². The largest absolute Gasteiger partial charge is 0.497 e. The molecule has 2 aliphatic rings. The second-order valence-corrected chi connectivity index (χ2v) is 12.2. The van der Waals surface area contributed by atoms with E-state index in [0.717, 1.165) is 12.7 Å². The average molecular weight is 561 g/mol. The summed E-state index contributed by atoms with van der Waals surface area (Å²) in [5.74, 6) is -3.03. The fraction of sp³-hybridized carbons (Fsp3) is 0.621. The number of hydrogen-bond acceptors (Lipinski definition) is 9. The quantitative estimate of drug-likeness (QED) is 0.292. The third kappa shape index (κ3) is 6.56. The highest BCUT2D eigenvalue weighted by molar-refractivity contribution is 6.14. The number of carbonyl (C=O) groups excluding carboxylic acids is 5. The number of imide groups is 1. The van der Waals surface area contributed by atoms with Crippen molar-refractivity contribution < 1.29 is 42.9 Å². The normalized spacial score (nSPS) is 23.3. The van der Waals surface area contributed by atoms with Crippen molar-refractivity contribution in [3.63, 3.8) is 0 Å². The van der Waals surface area contributed by atoms with Gasteiger partial charge in [0.25, 0.3) is 0 Å². The maximum absolute atomic E-state index is 14.3. The van der Waals surface area contributed by atoms with Gasteiger partial charge < -0.3 is 23.8 Å². The monoisotopic (exact) mass is 560 g/mol. The van der Waals surface area contributed by atoms with Gasteiger partial charge in [0.15, 0.2) is 0 Å². The summed E-state index contributed by atoms with van der Waals surface area (Å²) in [5.41, 5.74) is -2.81. The molecule has 11 heteroatoms. The van der Waals surface area contributed by atoms with Gasteiger partial charge in [0.1, 0.15) is 28.4 Å². The van der Waals surface area contributed by atoms with E-state index in [0.29, 0.717) is 10.6 Å². The number of carbonyl (C=O) groups is 5. The Morgan fingerprint density at radius 1 is 0.925 bits per heavy atom. The molecule has 2 fully saturated rings. The first-order chi connectivity index (χ1) is 18.5. The van der Waals surface area contributed by atoms with Crippen molar-refractivity contribution in [2.75, 3.05) is 20.8 Å². The number of likely N-dealkylation sites (tertiary alicyclic amines) is 2. The second-order valence-electron chi connectivity index (χ2n) is 12.2. The van der Waals surface area contributed by atoms with E-state index in [2.05, 4.69) is 0 Å². The molecule has 40 heavy (non-hydrogen) atoms. The number of piperidine rings is 1. The summed E-state index contributed by atoms with van der Waals surface area (Å²) < 4.78 is 21.1. The topological polar surface area (TPSA) is 129 Å². The Labute approximate surface area is 235 Å². The van der Waals surface area contributed by atoms with E-state index >= 15 is 0 Å². The third-order valence-electron chi connectivity index (χ3n) is 6.97. The number of rotatable bonds is 6. The van der Waals surface area contributed by atoms with Crippen LogP contribution in [0.15, 0.2) is 24.3 Å². The Morgan fingerprint density at radius 2 is 1.52 bits per heavy atom. The molecule has 2 aliphatic heterocycles. The second kappa shape index (κ2) is 11.5. The van der Waals surface area contributed by atoms with Crippen LogP contribution < -0.4 is 4.74 Å². The Kier molecular flexibility index (Phi) is 8.86. The lowest BCUT2D eigenvalue weighted by Crippen LogP contribution is -2.58. The van der Waals surface area contributed by atoms with Gasteiger partial charge in [-0.05, 0) is 71.6 Å². The van der Waals surface area contributed by atoms with Crippen LogP contribution in [0, 0.1) is 11.3 Å². The van der Waals surface area contributed by atoms with E-state index in [1.54, 1.807) is 60.8 Å². The molecule has 3 amide bonds. The highest BCUT2D eigenvalue weighted by atomic mass is 16.6. The number of ether oxygens (including phenoxy) is 4. The average Bonchev–Trinajstić information content (AvgIpc) is 3.15. The van der Waals surface area contributed by atoms with Crippen LogP contribution in [0.3, 0.4) is 0 Å². The summed E-state index contributed by atoms with van der Waals surface area (Å²) in [5, 5.41) is 0. The molecule has 0 aliphatic carbocycles. The van der Waals surface area contributed by atoms with Gasteiger partial charge in [-0.1, -0.05) is 12.1 Å². The van der Waals surface area contributed by atoms with Crippen molar-refractivity contribution in [3.8, 4) is 5.75 Å². The van der Waals surface area contributed by atoms with Crippen LogP contribution in [0.4, 0.5) is 4.79 Å². The minimum absolute atomic E-state index is 0.187. The summed E-state index contributed by atoms with van der Waals surface area (Å²) in [7, 11) is 2.69. The fourth-order valence-corrected chi connectivity index (χ4v) is 5.29. The summed E-state index contributed by atoms with van der Waals surface area (Å²) in [6.07, 6.45) is -1.34. The van der Waals surface area contributed by atoms with E-state index in [-0.39, 0.29) is 32.4 Å². The number of benzene rings is 1. The lowest BCUT2D eigenvalue weighted by Gasteiger charge is -2.43. The maximum atomic E-state index is 14.3. The van der Waals surface area contributed by atoms with Gasteiger partial charge in [-0.3, -0.25) is 14.4 Å². The van der Waals surface area contributed by atoms with Gasteiger partial charge in [0, 0.05) is 25.9 Å². The molecular formula is C29H40N2O9. The molecule has 0 saturated carbocycles. The van der Waals surface area contributed by atoms with Crippen LogP contribution in [0.5, 0.6) is 5.75 Å². The van der Waals surface area contributed by atoms with Gasteiger partial charge in [-0.15, -0.1) is 0 Å². The summed E-state index contributed by atoms with van der Waals surface area (Å²) in [6, 6.07) is 5.77. The smallest absolute Gasteiger partial charge is 0.417 e. The minimum atomic E-state index is -1.86. The highest BCUT2D eigenvalue weighted by Gasteiger charge is 2.67. The first-order valence-corrected chi connectivity index (χ1v) is 13.3. The van der Waals surface area contributed by atoms with Crippen molar-refractivity contribution in [1.82, 2.24) is 9.80 Å². The lowest BCUT2D eigenvalue weighted by molar-refractivity contribution is -0.165. The molecule has 3 atom stereocenters. The van der Waals surface area contributed by atoms with Crippen LogP contribution in [0.1, 0.15) is 66.4 Å². The molecule has 1 aromatic carbocycles. The first-order valence-electron chi connectivity index (χ1n) is 13.3. The van der Waals surface area contributed by atoms with Crippen molar-refractivity contribution in [2.45, 2.75) is 84.6 Å². The minimum Gasteiger partial charge on any atom is -0.497 e. The number of hydrogen-bond donors (Lipinski definition) is 0. The molecular weight excluding hydrogens is 520 g/mol. The first kappa shape index (κ1) is 30.9. The zero-order chi connectivity index (χ0) is 30.0. The van der Waals surface area contributed by atoms with Gasteiger partial charge in [0.05, 0.1) is 14.2 Å². The lowest BCUT2D eigenvalue weighted by atomic mass is 9.66. The van der Waals surface area contributed by atoms with Gasteiger partial charge in [0.2, 0.25) is 11.8 Å². The molecule has 11 nitrogen and oxygen atoms in total. The van der Waals surface area contributed by atoms with Crippen molar-refractivity contribution >= 4 is 29.8 Å². The van der Waals surface area contributed by atoms with E-state index in [9.17, 15) is 24.0 Å². The van der Waals surface area contributed by atoms with Gasteiger partial charge in [-0.25, -0.2) is 14.5 Å². The van der Waals surface area contributed by atoms with E-state index in [1.807, 2.05) is 12.1 Å². The number of nitrogens with zero attached hydrogens (tertiary/aromatic N) is 2. The Bertz CT molecular complexity index is 1150.